The van der Waals surface area contributed by atoms with Crippen LogP contribution < -0.4 is 0 Å². The fourth-order valence-electron chi connectivity index (χ4n) is 9.17. The second-order valence-corrected chi connectivity index (χ2v) is 14.0. The SMILES string of the molecule is C[C@H](O)[C@@H](CC[C@](C)(O)[C@H]1CC[C@@]2(O)C3=CC(=O)[C@@H]4C[C@@H](O)[C@@H](O)C[C@]4(C)[C@H]3CC[C@]12C)C(C)(C)O. The average molecular weight is 509 g/mol. The third-order valence-corrected chi connectivity index (χ3v) is 11.3. The summed E-state index contributed by atoms with van der Waals surface area (Å²) in [5, 5.41) is 65.6. The Morgan fingerprint density at radius 2 is 1.69 bits per heavy atom. The van der Waals surface area contributed by atoms with Crippen molar-refractivity contribution < 1.29 is 35.4 Å². The maximum Gasteiger partial charge on any atom is 0.159 e. The molecule has 0 bridgehead atoms. The molecule has 0 aromatic carbocycles. The van der Waals surface area contributed by atoms with E-state index in [9.17, 15) is 35.4 Å². The topological polar surface area (TPSA) is 138 Å². The Labute approximate surface area is 215 Å². The van der Waals surface area contributed by atoms with E-state index in [4.69, 9.17) is 0 Å². The van der Waals surface area contributed by atoms with E-state index in [-0.39, 0.29) is 30.0 Å². The lowest BCUT2D eigenvalue weighted by molar-refractivity contribution is -0.161. The van der Waals surface area contributed by atoms with Crippen molar-refractivity contribution in [2.75, 3.05) is 0 Å². The molecule has 4 rings (SSSR count). The van der Waals surface area contributed by atoms with Crippen molar-refractivity contribution >= 4 is 5.78 Å². The van der Waals surface area contributed by atoms with Crippen molar-refractivity contribution in [1.29, 1.82) is 0 Å². The molecule has 3 saturated carbocycles. The van der Waals surface area contributed by atoms with E-state index in [1.807, 2.05) is 13.8 Å². The molecule has 0 saturated heterocycles. The molecule has 6 N–H and O–H groups in total. The van der Waals surface area contributed by atoms with E-state index >= 15 is 0 Å². The standard InChI is InChI=1S/C29H48O7/c1-16(30)17(25(2,3)34)8-11-28(6,35)24-9-12-29(36)19-13-21(31)20-14-22(32)23(33)15-26(20,4)18(19)7-10-27(24,29)5/h13,16-18,20,22-24,30,32-36H,7-12,14-15H2,1-6H3/t16-,17+,18-,20-,22+,23-,24-,26+,27+,28-,29+/m0/s1. The summed E-state index contributed by atoms with van der Waals surface area (Å²) in [7, 11) is 0. The molecule has 4 aliphatic carbocycles. The van der Waals surface area contributed by atoms with Crippen LogP contribution >= 0.6 is 0 Å². The number of ketones is 1. The first-order valence-electron chi connectivity index (χ1n) is 13.9. The van der Waals surface area contributed by atoms with Gasteiger partial charge < -0.3 is 30.6 Å². The lowest BCUT2D eigenvalue weighted by atomic mass is 9.45. The molecule has 36 heavy (non-hydrogen) atoms. The number of aliphatic hydroxyl groups is 6. The molecule has 0 heterocycles. The predicted molar refractivity (Wildman–Crippen MR) is 136 cm³/mol. The van der Waals surface area contributed by atoms with Gasteiger partial charge in [0, 0.05) is 17.3 Å². The Hall–Kier alpha value is -0.830. The Bertz CT molecular complexity index is 904. The van der Waals surface area contributed by atoms with Gasteiger partial charge in [0.05, 0.1) is 35.1 Å². The zero-order chi connectivity index (χ0) is 27.1. The van der Waals surface area contributed by atoms with Gasteiger partial charge in [0.2, 0.25) is 0 Å². The quantitative estimate of drug-likeness (QED) is 0.324. The highest BCUT2D eigenvalue weighted by molar-refractivity contribution is 5.95. The largest absolute Gasteiger partial charge is 0.393 e. The van der Waals surface area contributed by atoms with Gasteiger partial charge in [-0.1, -0.05) is 13.8 Å². The van der Waals surface area contributed by atoms with Crippen LogP contribution in [0.1, 0.15) is 92.9 Å². The van der Waals surface area contributed by atoms with Crippen LogP contribution in [0.3, 0.4) is 0 Å². The zero-order valence-electron chi connectivity index (χ0n) is 22.9. The predicted octanol–water partition coefficient (Wildman–Crippen LogP) is 2.49. The van der Waals surface area contributed by atoms with Crippen LogP contribution in [-0.2, 0) is 4.79 Å². The molecule has 4 aliphatic rings. The van der Waals surface area contributed by atoms with Crippen molar-refractivity contribution in [1.82, 2.24) is 0 Å². The Kier molecular flexibility index (Phi) is 6.93. The average Bonchev–Trinajstić information content (AvgIpc) is 3.01. The van der Waals surface area contributed by atoms with Gasteiger partial charge in [-0.25, -0.2) is 0 Å². The number of hydrogen-bond acceptors (Lipinski definition) is 7. The number of allylic oxidation sites excluding steroid dienone is 1. The van der Waals surface area contributed by atoms with Gasteiger partial charge in [-0.2, -0.15) is 0 Å². The smallest absolute Gasteiger partial charge is 0.159 e. The van der Waals surface area contributed by atoms with Crippen LogP contribution in [0.2, 0.25) is 0 Å². The molecule has 0 spiro atoms. The molecule has 7 nitrogen and oxygen atoms in total. The molecule has 0 aromatic rings. The number of carbonyl (C=O) groups excluding carboxylic acids is 1. The van der Waals surface area contributed by atoms with Crippen molar-refractivity contribution in [2.24, 2.45) is 34.5 Å². The molecular formula is C29H48O7. The molecule has 0 aromatic heterocycles. The number of aliphatic hydroxyl groups excluding tert-OH is 3. The highest BCUT2D eigenvalue weighted by atomic mass is 16.3. The monoisotopic (exact) mass is 508 g/mol. The van der Waals surface area contributed by atoms with E-state index in [1.165, 1.54) is 0 Å². The number of hydrogen-bond donors (Lipinski definition) is 6. The van der Waals surface area contributed by atoms with E-state index in [1.54, 1.807) is 33.8 Å². The summed E-state index contributed by atoms with van der Waals surface area (Å²) in [6, 6.07) is 0. The second kappa shape index (κ2) is 8.85. The molecule has 7 heteroatoms. The Balaban J connectivity index is 1.63. The van der Waals surface area contributed by atoms with Crippen molar-refractivity contribution in [3.05, 3.63) is 11.6 Å². The highest BCUT2D eigenvalue weighted by Crippen LogP contribution is 2.68. The van der Waals surface area contributed by atoms with Crippen LogP contribution in [0.5, 0.6) is 0 Å². The minimum absolute atomic E-state index is 0.0565. The maximum absolute atomic E-state index is 13.3. The Morgan fingerprint density at radius 3 is 2.28 bits per heavy atom. The summed E-state index contributed by atoms with van der Waals surface area (Å²) in [6.45, 7) is 10.9. The first-order valence-corrected chi connectivity index (χ1v) is 13.9. The first kappa shape index (κ1) is 28.2. The fourth-order valence-corrected chi connectivity index (χ4v) is 9.17. The summed E-state index contributed by atoms with van der Waals surface area (Å²) in [5.74, 6) is -1.10. The van der Waals surface area contributed by atoms with E-state index in [2.05, 4.69) is 0 Å². The fraction of sp³-hybridized carbons (Fsp3) is 0.897. The molecule has 0 aliphatic heterocycles. The summed E-state index contributed by atoms with van der Waals surface area (Å²) >= 11 is 0. The second-order valence-electron chi connectivity index (χ2n) is 14.0. The van der Waals surface area contributed by atoms with Gasteiger partial charge >= 0.3 is 0 Å². The molecule has 0 unspecified atom stereocenters. The van der Waals surface area contributed by atoms with Gasteiger partial charge in [0.15, 0.2) is 5.78 Å². The van der Waals surface area contributed by atoms with Crippen LogP contribution in [0, 0.1) is 34.5 Å². The van der Waals surface area contributed by atoms with Crippen LogP contribution in [0.4, 0.5) is 0 Å². The lowest BCUT2D eigenvalue weighted by Gasteiger charge is -2.60. The van der Waals surface area contributed by atoms with Crippen molar-refractivity contribution in [2.45, 2.75) is 128 Å². The molecule has 206 valence electrons. The van der Waals surface area contributed by atoms with Crippen molar-refractivity contribution in [3.8, 4) is 0 Å². The number of carbonyl (C=O) groups is 1. The molecule has 3 fully saturated rings. The number of fused-ring (bicyclic) bond motifs is 5. The zero-order valence-corrected chi connectivity index (χ0v) is 22.9. The van der Waals surface area contributed by atoms with Crippen LogP contribution in [-0.4, -0.2) is 71.5 Å². The molecule has 0 radical (unpaired) electrons. The normalized spacial score (nSPS) is 46.2. The number of rotatable bonds is 6. The van der Waals surface area contributed by atoms with Crippen LogP contribution in [0.25, 0.3) is 0 Å². The maximum atomic E-state index is 13.3. The summed E-state index contributed by atoms with van der Waals surface area (Å²) in [5.41, 5.74) is -3.84. The van der Waals surface area contributed by atoms with Gasteiger partial charge in [-0.3, -0.25) is 4.79 Å². The van der Waals surface area contributed by atoms with Crippen molar-refractivity contribution in [3.63, 3.8) is 0 Å². The van der Waals surface area contributed by atoms with Gasteiger partial charge in [0.25, 0.3) is 0 Å². The first-order chi connectivity index (χ1) is 16.4. The Morgan fingerprint density at radius 1 is 1.06 bits per heavy atom. The summed E-state index contributed by atoms with van der Waals surface area (Å²) in [6.07, 6.45) is 3.05. The summed E-state index contributed by atoms with van der Waals surface area (Å²) < 4.78 is 0. The van der Waals surface area contributed by atoms with Crippen LogP contribution in [0.15, 0.2) is 11.6 Å². The van der Waals surface area contributed by atoms with Gasteiger partial charge in [0.1, 0.15) is 0 Å². The third-order valence-electron chi connectivity index (χ3n) is 11.3. The van der Waals surface area contributed by atoms with E-state index < -0.39 is 51.9 Å². The molecule has 11 atom stereocenters. The van der Waals surface area contributed by atoms with Gasteiger partial charge in [-0.15, -0.1) is 0 Å². The van der Waals surface area contributed by atoms with E-state index in [0.29, 0.717) is 38.5 Å². The third kappa shape index (κ3) is 4.13. The minimum Gasteiger partial charge on any atom is -0.393 e. The van der Waals surface area contributed by atoms with E-state index in [0.717, 1.165) is 12.0 Å². The molecule has 0 amide bonds. The van der Waals surface area contributed by atoms with Gasteiger partial charge in [-0.05, 0) is 108 Å². The summed E-state index contributed by atoms with van der Waals surface area (Å²) in [4.78, 5) is 13.3. The highest BCUT2D eigenvalue weighted by Gasteiger charge is 2.68. The molecular weight excluding hydrogens is 460 g/mol. The lowest BCUT2D eigenvalue weighted by Crippen LogP contribution is -2.61. The minimum atomic E-state index is -1.23.